The second kappa shape index (κ2) is 5.46. The molecular formula is C11H22N6. The normalized spacial score (nSPS) is 22.9. The van der Waals surface area contributed by atoms with Crippen LogP contribution in [0, 0.1) is 0 Å². The molecule has 1 aromatic heterocycles. The van der Waals surface area contributed by atoms with Crippen molar-refractivity contribution >= 4 is 5.82 Å². The molecule has 1 aromatic rings. The molecule has 0 spiro atoms. The van der Waals surface area contributed by atoms with Gasteiger partial charge < -0.3 is 10.2 Å². The monoisotopic (exact) mass is 238 g/mol. The van der Waals surface area contributed by atoms with Gasteiger partial charge in [0.05, 0.1) is 6.20 Å². The molecule has 0 amide bonds. The molecule has 1 aliphatic rings. The van der Waals surface area contributed by atoms with Crippen LogP contribution in [0.3, 0.4) is 0 Å². The third-order valence-corrected chi connectivity index (χ3v) is 3.42. The van der Waals surface area contributed by atoms with Gasteiger partial charge in [0.1, 0.15) is 5.82 Å². The average Bonchev–Trinajstić information content (AvgIpc) is 2.77. The van der Waals surface area contributed by atoms with Crippen molar-refractivity contribution in [3.63, 3.8) is 0 Å². The van der Waals surface area contributed by atoms with Crippen molar-refractivity contribution in [1.29, 1.82) is 0 Å². The van der Waals surface area contributed by atoms with Crippen LogP contribution in [0.2, 0.25) is 0 Å². The van der Waals surface area contributed by atoms with Gasteiger partial charge in [0, 0.05) is 38.8 Å². The van der Waals surface area contributed by atoms with E-state index in [1.165, 1.54) is 0 Å². The molecule has 17 heavy (non-hydrogen) atoms. The third kappa shape index (κ3) is 2.95. The summed E-state index contributed by atoms with van der Waals surface area (Å²) in [6.07, 6.45) is 1.79. The topological polar surface area (TPSA) is 49.2 Å². The Hall–Kier alpha value is -1.14. The first-order valence-corrected chi connectivity index (χ1v) is 6.22. The lowest BCUT2D eigenvalue weighted by Gasteiger charge is -2.37. The molecular weight excluding hydrogens is 216 g/mol. The largest absolute Gasteiger partial charge is 0.367 e. The summed E-state index contributed by atoms with van der Waals surface area (Å²) in [7, 11) is 4.37. The zero-order valence-electron chi connectivity index (χ0n) is 10.9. The van der Waals surface area contributed by atoms with Gasteiger partial charge in [0.2, 0.25) is 0 Å². The number of rotatable bonds is 4. The fourth-order valence-electron chi connectivity index (χ4n) is 2.17. The van der Waals surface area contributed by atoms with Gasteiger partial charge in [-0.3, -0.25) is 4.90 Å². The summed E-state index contributed by atoms with van der Waals surface area (Å²) < 4.78 is 1.88. The summed E-state index contributed by atoms with van der Waals surface area (Å²) in [6.45, 7) is 7.25. The minimum atomic E-state index is 0.550. The predicted octanol–water partition coefficient (Wildman–Crippen LogP) is -0.0443. The number of nitrogens with zero attached hydrogens (tertiary/aromatic N) is 5. The molecule has 2 heterocycles. The Bertz CT molecular complexity index is 349. The van der Waals surface area contributed by atoms with E-state index in [9.17, 15) is 0 Å². The Morgan fingerprint density at radius 3 is 3.00 bits per heavy atom. The maximum atomic E-state index is 4.01. The Labute approximate surface area is 103 Å². The number of nitrogens with one attached hydrogen (secondary N) is 1. The van der Waals surface area contributed by atoms with E-state index >= 15 is 0 Å². The minimum absolute atomic E-state index is 0.550. The van der Waals surface area contributed by atoms with Gasteiger partial charge in [-0.05, 0) is 21.0 Å². The van der Waals surface area contributed by atoms with Crippen molar-refractivity contribution < 1.29 is 0 Å². The fraction of sp³-hybridized carbons (Fsp3) is 0.818. The van der Waals surface area contributed by atoms with Crippen LogP contribution in [0.1, 0.15) is 6.92 Å². The zero-order valence-corrected chi connectivity index (χ0v) is 10.9. The maximum Gasteiger partial charge on any atom is 0.144 e. The third-order valence-electron chi connectivity index (χ3n) is 3.42. The first kappa shape index (κ1) is 12.3. The van der Waals surface area contributed by atoms with Crippen LogP contribution in [0.4, 0.5) is 5.82 Å². The second-order valence-electron chi connectivity index (χ2n) is 4.71. The van der Waals surface area contributed by atoms with E-state index in [1.54, 1.807) is 6.20 Å². The molecule has 0 bridgehead atoms. The van der Waals surface area contributed by atoms with Crippen molar-refractivity contribution in [1.82, 2.24) is 24.8 Å². The molecule has 96 valence electrons. The number of likely N-dealkylation sites (N-methyl/N-ethyl adjacent to an activating group) is 2. The number of piperazine rings is 1. The lowest BCUT2D eigenvalue weighted by Crippen LogP contribution is -2.52. The predicted molar refractivity (Wildman–Crippen MR) is 68.1 cm³/mol. The maximum absolute atomic E-state index is 4.01. The fourth-order valence-corrected chi connectivity index (χ4v) is 2.17. The van der Waals surface area contributed by atoms with Crippen molar-refractivity contribution in [2.45, 2.75) is 19.5 Å². The summed E-state index contributed by atoms with van der Waals surface area (Å²) >= 11 is 0. The average molecular weight is 238 g/mol. The van der Waals surface area contributed by atoms with Gasteiger partial charge in [0.15, 0.2) is 0 Å². The molecule has 1 unspecified atom stereocenters. The summed E-state index contributed by atoms with van der Waals surface area (Å²) in [4.78, 5) is 4.79. The molecule has 0 aromatic carbocycles. The molecule has 1 fully saturated rings. The molecule has 0 saturated carbocycles. The first-order chi connectivity index (χ1) is 8.20. The van der Waals surface area contributed by atoms with Gasteiger partial charge >= 0.3 is 0 Å². The first-order valence-electron chi connectivity index (χ1n) is 6.22. The highest BCUT2D eigenvalue weighted by Gasteiger charge is 2.21. The Balaban J connectivity index is 1.88. The van der Waals surface area contributed by atoms with Gasteiger partial charge in [-0.2, -0.15) is 0 Å². The van der Waals surface area contributed by atoms with Crippen molar-refractivity contribution in [2.24, 2.45) is 0 Å². The summed E-state index contributed by atoms with van der Waals surface area (Å²) in [5.74, 6) is 1.01. The number of aryl methyl sites for hydroxylation is 1. The number of aromatic nitrogens is 3. The van der Waals surface area contributed by atoms with Crippen LogP contribution in [0.25, 0.3) is 0 Å². The van der Waals surface area contributed by atoms with Crippen LogP contribution in [0.5, 0.6) is 0 Å². The Morgan fingerprint density at radius 1 is 1.41 bits per heavy atom. The number of anilines is 1. The standard InChI is InChI=1S/C11H22N6/c1-4-17-11(8-13-14-17)12-7-10-9-15(2)5-6-16(10)3/h8,10,12H,4-7,9H2,1-3H3. The Morgan fingerprint density at radius 2 is 2.24 bits per heavy atom. The van der Waals surface area contributed by atoms with Crippen molar-refractivity contribution in [3.05, 3.63) is 6.20 Å². The van der Waals surface area contributed by atoms with Crippen LogP contribution in [-0.4, -0.2) is 71.1 Å². The number of hydrogen-bond donors (Lipinski definition) is 1. The van der Waals surface area contributed by atoms with E-state index in [1.807, 2.05) is 4.68 Å². The van der Waals surface area contributed by atoms with E-state index in [0.29, 0.717) is 6.04 Å². The van der Waals surface area contributed by atoms with E-state index in [0.717, 1.165) is 38.5 Å². The highest BCUT2D eigenvalue weighted by Crippen LogP contribution is 2.08. The van der Waals surface area contributed by atoms with Crippen molar-refractivity contribution in [2.75, 3.05) is 45.6 Å². The number of hydrogen-bond acceptors (Lipinski definition) is 5. The van der Waals surface area contributed by atoms with Gasteiger partial charge in [-0.1, -0.05) is 5.21 Å². The SMILES string of the molecule is CCn1nncc1NCC1CN(C)CCN1C. The van der Waals surface area contributed by atoms with Crippen LogP contribution < -0.4 is 5.32 Å². The molecule has 6 nitrogen and oxygen atoms in total. The molecule has 1 aliphatic heterocycles. The lowest BCUT2D eigenvalue weighted by molar-refractivity contribution is 0.121. The molecule has 0 aliphatic carbocycles. The Kier molecular flexibility index (Phi) is 3.96. The van der Waals surface area contributed by atoms with E-state index < -0.39 is 0 Å². The molecule has 1 atom stereocenters. The molecule has 6 heteroatoms. The molecule has 1 N–H and O–H groups in total. The highest BCUT2D eigenvalue weighted by atomic mass is 15.5. The quantitative estimate of drug-likeness (QED) is 0.797. The van der Waals surface area contributed by atoms with Crippen LogP contribution >= 0.6 is 0 Å². The van der Waals surface area contributed by atoms with Gasteiger partial charge in [-0.25, -0.2) is 4.68 Å². The zero-order chi connectivity index (χ0) is 12.3. The van der Waals surface area contributed by atoms with E-state index in [2.05, 4.69) is 46.4 Å². The summed E-state index contributed by atoms with van der Waals surface area (Å²) in [5, 5.41) is 11.4. The molecule has 2 rings (SSSR count). The summed E-state index contributed by atoms with van der Waals surface area (Å²) in [5.41, 5.74) is 0. The lowest BCUT2D eigenvalue weighted by atomic mass is 10.2. The minimum Gasteiger partial charge on any atom is -0.367 e. The highest BCUT2D eigenvalue weighted by molar-refractivity contribution is 5.31. The van der Waals surface area contributed by atoms with Gasteiger partial charge in [-0.15, -0.1) is 5.10 Å². The smallest absolute Gasteiger partial charge is 0.144 e. The second-order valence-corrected chi connectivity index (χ2v) is 4.71. The van der Waals surface area contributed by atoms with Gasteiger partial charge in [0.25, 0.3) is 0 Å². The summed E-state index contributed by atoms with van der Waals surface area (Å²) in [6, 6.07) is 0.550. The van der Waals surface area contributed by atoms with Crippen LogP contribution in [-0.2, 0) is 6.54 Å². The van der Waals surface area contributed by atoms with Crippen LogP contribution in [0.15, 0.2) is 6.20 Å². The van der Waals surface area contributed by atoms with E-state index in [4.69, 9.17) is 0 Å². The molecule has 1 saturated heterocycles. The molecule has 0 radical (unpaired) electrons. The van der Waals surface area contributed by atoms with Crippen molar-refractivity contribution in [3.8, 4) is 0 Å². The van der Waals surface area contributed by atoms with E-state index in [-0.39, 0.29) is 0 Å².